The van der Waals surface area contributed by atoms with Crippen molar-refractivity contribution in [2.45, 2.75) is 31.3 Å². The Morgan fingerprint density at radius 1 is 1.15 bits per heavy atom. The van der Waals surface area contributed by atoms with Crippen molar-refractivity contribution in [3.63, 3.8) is 0 Å². The minimum atomic E-state index is 0. The lowest BCUT2D eigenvalue weighted by molar-refractivity contribution is 0.215. The Balaban J connectivity index is 0.00000306. The van der Waals surface area contributed by atoms with Gasteiger partial charge in [-0.1, -0.05) is 0 Å². The zero-order valence-corrected chi connectivity index (χ0v) is 22.1. The maximum absolute atomic E-state index is 5.74. The van der Waals surface area contributed by atoms with Crippen molar-refractivity contribution in [1.82, 2.24) is 15.5 Å². The molecule has 4 rings (SSSR count). The van der Waals surface area contributed by atoms with Crippen molar-refractivity contribution in [1.29, 1.82) is 0 Å². The van der Waals surface area contributed by atoms with E-state index >= 15 is 0 Å². The normalized spacial score (nSPS) is 19.8. The molecule has 0 radical (unpaired) electrons. The van der Waals surface area contributed by atoms with Crippen LogP contribution in [-0.4, -0.2) is 70.9 Å². The minimum Gasteiger partial charge on any atom is -0.497 e. The number of ether oxygens (including phenoxy) is 2. The molecule has 1 aromatic carbocycles. The molecular weight excluding hydrogens is 533 g/mol. The molecule has 2 unspecified atom stereocenters. The number of aliphatic imine (C=N–C) groups is 1. The van der Waals surface area contributed by atoms with E-state index in [0.29, 0.717) is 6.04 Å². The summed E-state index contributed by atoms with van der Waals surface area (Å²) in [5, 5.41) is 7.13. The van der Waals surface area contributed by atoms with Crippen LogP contribution in [0, 0.1) is 0 Å². The van der Waals surface area contributed by atoms with Gasteiger partial charge in [0.2, 0.25) is 0 Å². The first-order valence-corrected chi connectivity index (χ1v) is 11.4. The highest BCUT2D eigenvalue weighted by atomic mass is 127. The van der Waals surface area contributed by atoms with Gasteiger partial charge in [0.1, 0.15) is 17.3 Å². The van der Waals surface area contributed by atoms with Gasteiger partial charge in [0.15, 0.2) is 5.96 Å². The zero-order valence-electron chi connectivity index (χ0n) is 19.8. The average Bonchev–Trinajstić information content (AvgIpc) is 3.61. The molecular formula is C24H36IN5O3. The van der Waals surface area contributed by atoms with Gasteiger partial charge >= 0.3 is 0 Å². The van der Waals surface area contributed by atoms with Crippen LogP contribution in [0.25, 0.3) is 0 Å². The van der Waals surface area contributed by atoms with Gasteiger partial charge in [-0.15, -0.1) is 24.0 Å². The summed E-state index contributed by atoms with van der Waals surface area (Å²) in [6.45, 7) is 4.84. The second-order valence-electron chi connectivity index (χ2n) is 8.37. The lowest BCUT2D eigenvalue weighted by atomic mass is 10.2. The molecule has 0 saturated carbocycles. The summed E-state index contributed by atoms with van der Waals surface area (Å²) >= 11 is 0. The van der Waals surface area contributed by atoms with Gasteiger partial charge in [-0.25, -0.2) is 0 Å². The van der Waals surface area contributed by atoms with Crippen LogP contribution in [0.15, 0.2) is 46.0 Å². The van der Waals surface area contributed by atoms with Gasteiger partial charge in [-0.2, -0.15) is 0 Å². The van der Waals surface area contributed by atoms with Crippen molar-refractivity contribution in [3.8, 4) is 11.5 Å². The second kappa shape index (κ2) is 12.4. The number of nitrogens with one attached hydrogen (secondary N) is 2. The molecule has 2 N–H and O–H groups in total. The van der Waals surface area contributed by atoms with Crippen LogP contribution in [0.3, 0.4) is 0 Å². The number of nitrogens with zero attached hydrogens (tertiary/aromatic N) is 3. The SMILES string of the molecule is CN=C(NCC(c1ccco1)N1CCCC1)NC1CCN(c2cc(OC)cc(OC)c2)C1.I. The number of guanidine groups is 1. The molecule has 3 heterocycles. The second-order valence-corrected chi connectivity index (χ2v) is 8.37. The first-order chi connectivity index (χ1) is 15.7. The van der Waals surface area contributed by atoms with E-state index in [4.69, 9.17) is 13.9 Å². The van der Waals surface area contributed by atoms with Crippen LogP contribution in [0.4, 0.5) is 5.69 Å². The maximum atomic E-state index is 5.74. The molecule has 182 valence electrons. The van der Waals surface area contributed by atoms with E-state index in [1.165, 1.54) is 12.8 Å². The number of rotatable bonds is 8. The molecule has 0 amide bonds. The summed E-state index contributed by atoms with van der Waals surface area (Å²) in [6, 6.07) is 10.6. The molecule has 33 heavy (non-hydrogen) atoms. The van der Waals surface area contributed by atoms with Gasteiger partial charge in [0.05, 0.1) is 26.5 Å². The smallest absolute Gasteiger partial charge is 0.191 e. The summed E-state index contributed by atoms with van der Waals surface area (Å²) in [4.78, 5) is 9.32. The number of hydrogen-bond donors (Lipinski definition) is 2. The van der Waals surface area contributed by atoms with E-state index in [9.17, 15) is 0 Å². The molecule has 2 aliphatic heterocycles. The summed E-state index contributed by atoms with van der Waals surface area (Å²) in [6.07, 6.45) is 5.29. The maximum Gasteiger partial charge on any atom is 0.191 e. The number of likely N-dealkylation sites (tertiary alicyclic amines) is 1. The number of furan rings is 1. The van der Waals surface area contributed by atoms with Crippen LogP contribution in [-0.2, 0) is 0 Å². The molecule has 0 aliphatic carbocycles. The number of methoxy groups -OCH3 is 2. The molecule has 0 bridgehead atoms. The molecule has 2 aromatic rings. The fourth-order valence-electron chi connectivity index (χ4n) is 4.61. The van der Waals surface area contributed by atoms with E-state index in [1.807, 2.05) is 19.2 Å². The highest BCUT2D eigenvalue weighted by Gasteiger charge is 2.27. The molecule has 2 saturated heterocycles. The number of anilines is 1. The predicted octanol–water partition coefficient (Wildman–Crippen LogP) is 3.50. The minimum absolute atomic E-state index is 0. The monoisotopic (exact) mass is 569 g/mol. The van der Waals surface area contributed by atoms with Crippen LogP contribution < -0.4 is 25.0 Å². The van der Waals surface area contributed by atoms with Crippen LogP contribution >= 0.6 is 24.0 Å². The quantitative estimate of drug-likeness (QED) is 0.287. The van der Waals surface area contributed by atoms with Gasteiger partial charge in [0.25, 0.3) is 0 Å². The molecule has 9 heteroatoms. The average molecular weight is 569 g/mol. The molecule has 2 fully saturated rings. The number of benzene rings is 1. The van der Waals surface area contributed by atoms with Gasteiger partial charge in [0, 0.05) is 56.6 Å². The summed E-state index contributed by atoms with van der Waals surface area (Å²) in [7, 11) is 5.19. The third kappa shape index (κ3) is 6.47. The summed E-state index contributed by atoms with van der Waals surface area (Å²) in [5.41, 5.74) is 1.11. The van der Waals surface area contributed by atoms with Gasteiger partial charge < -0.3 is 29.4 Å². The van der Waals surface area contributed by atoms with E-state index in [2.05, 4.69) is 43.6 Å². The largest absolute Gasteiger partial charge is 0.497 e. The first kappa shape index (κ1) is 25.5. The van der Waals surface area contributed by atoms with Crippen molar-refractivity contribution in [2.75, 3.05) is 58.9 Å². The highest BCUT2D eigenvalue weighted by Crippen LogP contribution is 2.30. The molecule has 1 aromatic heterocycles. The van der Waals surface area contributed by atoms with Gasteiger partial charge in [-0.3, -0.25) is 9.89 Å². The van der Waals surface area contributed by atoms with Crippen molar-refractivity contribution in [3.05, 3.63) is 42.4 Å². The lowest BCUT2D eigenvalue weighted by Crippen LogP contribution is -2.47. The Labute approximate surface area is 213 Å². The fourth-order valence-corrected chi connectivity index (χ4v) is 4.61. The molecule has 8 nitrogen and oxygen atoms in total. The predicted molar refractivity (Wildman–Crippen MR) is 142 cm³/mol. The van der Waals surface area contributed by atoms with Crippen LogP contribution in [0.1, 0.15) is 31.1 Å². The Hall–Kier alpha value is -2.14. The number of hydrogen-bond acceptors (Lipinski definition) is 6. The lowest BCUT2D eigenvalue weighted by Gasteiger charge is -2.27. The summed E-state index contributed by atoms with van der Waals surface area (Å²) in [5.74, 6) is 3.45. The Morgan fingerprint density at radius 2 is 1.88 bits per heavy atom. The van der Waals surface area contributed by atoms with E-state index in [1.54, 1.807) is 20.5 Å². The Bertz CT molecular complexity index is 864. The third-order valence-electron chi connectivity index (χ3n) is 6.37. The molecule has 2 aliphatic rings. The summed E-state index contributed by atoms with van der Waals surface area (Å²) < 4.78 is 16.6. The van der Waals surface area contributed by atoms with Crippen molar-refractivity contribution in [2.24, 2.45) is 4.99 Å². The van der Waals surface area contributed by atoms with Crippen molar-refractivity contribution >= 4 is 35.6 Å². The Morgan fingerprint density at radius 3 is 2.48 bits per heavy atom. The van der Waals surface area contributed by atoms with Crippen molar-refractivity contribution < 1.29 is 13.9 Å². The molecule has 2 atom stereocenters. The van der Waals surface area contributed by atoms with E-state index < -0.39 is 0 Å². The highest BCUT2D eigenvalue weighted by molar-refractivity contribution is 14.0. The Kier molecular flexibility index (Phi) is 9.54. The van der Waals surface area contributed by atoms with E-state index in [-0.39, 0.29) is 30.0 Å². The molecule has 0 spiro atoms. The number of halogens is 1. The standard InChI is InChI=1S/C24H35N5O3.HI/c1-25-24(26-16-22(23-7-6-12-32-23)28-9-4-5-10-28)27-18-8-11-29(17-18)19-13-20(30-2)15-21(14-19)31-3;/h6-7,12-15,18,22H,4-5,8-11,16-17H2,1-3H3,(H2,25,26,27);1H. The third-order valence-corrected chi connectivity index (χ3v) is 6.37. The fraction of sp³-hybridized carbons (Fsp3) is 0.542. The zero-order chi connectivity index (χ0) is 22.3. The van der Waals surface area contributed by atoms with E-state index in [0.717, 1.165) is 68.1 Å². The van der Waals surface area contributed by atoms with Gasteiger partial charge in [-0.05, 0) is 44.5 Å². The van der Waals surface area contributed by atoms with Crippen LogP contribution in [0.2, 0.25) is 0 Å². The first-order valence-electron chi connectivity index (χ1n) is 11.4. The topological polar surface area (TPSA) is 74.5 Å². The van der Waals surface area contributed by atoms with Crippen LogP contribution in [0.5, 0.6) is 11.5 Å².